The molecule has 114 valence electrons. The molecule has 0 aliphatic carbocycles. The molecule has 0 radical (unpaired) electrons. The largest absolute Gasteiger partial charge is 0.396 e. The molecular formula is C16H27NO3. The van der Waals surface area contributed by atoms with Crippen molar-refractivity contribution in [1.82, 2.24) is 5.32 Å². The van der Waals surface area contributed by atoms with Crippen molar-refractivity contribution in [2.45, 2.75) is 45.6 Å². The van der Waals surface area contributed by atoms with Crippen LogP contribution in [0.3, 0.4) is 0 Å². The van der Waals surface area contributed by atoms with Crippen LogP contribution in [0.25, 0.3) is 0 Å². The molecular weight excluding hydrogens is 254 g/mol. The predicted octanol–water partition coefficient (Wildman–Crippen LogP) is 1.78. The van der Waals surface area contributed by atoms with Crippen molar-refractivity contribution in [3.8, 4) is 0 Å². The third-order valence-electron chi connectivity index (χ3n) is 3.71. The molecule has 0 saturated heterocycles. The maximum absolute atomic E-state index is 11.6. The first-order chi connectivity index (χ1) is 9.54. The fourth-order valence-corrected chi connectivity index (χ4v) is 2.42. The molecule has 0 aromatic heterocycles. The highest BCUT2D eigenvalue weighted by molar-refractivity contribution is 5.76. The van der Waals surface area contributed by atoms with E-state index in [0.29, 0.717) is 13.0 Å². The van der Waals surface area contributed by atoms with Crippen LogP contribution in [0.5, 0.6) is 0 Å². The summed E-state index contributed by atoms with van der Waals surface area (Å²) in [7, 11) is 0. The van der Waals surface area contributed by atoms with E-state index in [4.69, 9.17) is 0 Å². The van der Waals surface area contributed by atoms with Crippen LogP contribution in [0, 0.1) is 11.8 Å². The summed E-state index contributed by atoms with van der Waals surface area (Å²) in [5, 5.41) is 22.6. The summed E-state index contributed by atoms with van der Waals surface area (Å²) in [5.74, 6) is -0.205. The summed E-state index contributed by atoms with van der Waals surface area (Å²) < 4.78 is 0. The lowest BCUT2D eigenvalue weighted by Crippen LogP contribution is -2.29. The first-order valence-corrected chi connectivity index (χ1v) is 7.44. The summed E-state index contributed by atoms with van der Waals surface area (Å²) in [4.78, 5) is 11.6. The van der Waals surface area contributed by atoms with Gasteiger partial charge in [0, 0.05) is 24.8 Å². The van der Waals surface area contributed by atoms with Gasteiger partial charge < -0.3 is 15.5 Å². The van der Waals surface area contributed by atoms with E-state index in [9.17, 15) is 15.0 Å². The number of amides is 1. The van der Waals surface area contributed by atoms with Crippen molar-refractivity contribution in [2.75, 3.05) is 13.2 Å². The average molecular weight is 281 g/mol. The summed E-state index contributed by atoms with van der Waals surface area (Å²) in [5.41, 5.74) is 1.03. The Morgan fingerprint density at radius 3 is 2.85 bits per heavy atom. The zero-order valence-corrected chi connectivity index (χ0v) is 12.5. The number of hydrogen-bond acceptors (Lipinski definition) is 3. The normalized spacial score (nSPS) is 30.3. The van der Waals surface area contributed by atoms with Gasteiger partial charge in [0.15, 0.2) is 0 Å². The van der Waals surface area contributed by atoms with E-state index in [2.05, 4.69) is 5.32 Å². The molecule has 0 saturated carbocycles. The number of nitrogens with one attached hydrogen (secondary N) is 1. The minimum absolute atomic E-state index is 0.0500. The van der Waals surface area contributed by atoms with Crippen LogP contribution in [0.2, 0.25) is 0 Å². The summed E-state index contributed by atoms with van der Waals surface area (Å²) in [6, 6.07) is 0. The van der Waals surface area contributed by atoms with Gasteiger partial charge in [-0.25, -0.2) is 0 Å². The molecule has 4 nitrogen and oxygen atoms in total. The number of aliphatic hydroxyl groups excluding tert-OH is 2. The topological polar surface area (TPSA) is 69.6 Å². The Kier molecular flexibility index (Phi) is 7.55. The maximum atomic E-state index is 11.6. The van der Waals surface area contributed by atoms with Gasteiger partial charge in [-0.3, -0.25) is 4.79 Å². The molecule has 1 aliphatic heterocycles. The first kappa shape index (κ1) is 16.9. The maximum Gasteiger partial charge on any atom is 0.220 e. The monoisotopic (exact) mass is 281 g/mol. The molecule has 1 amide bonds. The number of carbonyl (C=O) groups is 1. The van der Waals surface area contributed by atoms with Crippen LogP contribution >= 0.6 is 0 Å². The number of carbonyl (C=O) groups excluding carboxylic acids is 1. The first-order valence-electron chi connectivity index (χ1n) is 7.44. The van der Waals surface area contributed by atoms with E-state index < -0.39 is 6.10 Å². The lowest BCUT2D eigenvalue weighted by atomic mass is 9.90. The lowest BCUT2D eigenvalue weighted by molar-refractivity contribution is -0.121. The van der Waals surface area contributed by atoms with Gasteiger partial charge in [-0.15, -0.1) is 0 Å². The van der Waals surface area contributed by atoms with E-state index >= 15 is 0 Å². The standard InChI is InChI=1S/C16H27NO3/c1-12-9-13(2)16(20)14(11-18)7-5-3-4-6-8-15(19)17-10-12/h5,7,9,13-14,16,18,20H,3-4,6,8,10-11H2,1-2H3,(H,17,19)/t13-,14-,16+/m1/s1. The van der Waals surface area contributed by atoms with Crippen LogP contribution in [-0.4, -0.2) is 35.4 Å². The summed E-state index contributed by atoms with van der Waals surface area (Å²) in [6.07, 6.45) is 8.50. The van der Waals surface area contributed by atoms with Crippen molar-refractivity contribution < 1.29 is 15.0 Å². The van der Waals surface area contributed by atoms with Gasteiger partial charge in [-0.05, 0) is 26.2 Å². The van der Waals surface area contributed by atoms with Gasteiger partial charge >= 0.3 is 0 Å². The zero-order valence-electron chi connectivity index (χ0n) is 12.5. The molecule has 0 aromatic carbocycles. The lowest BCUT2D eigenvalue weighted by Gasteiger charge is -2.23. The quantitative estimate of drug-likeness (QED) is 0.642. The van der Waals surface area contributed by atoms with Gasteiger partial charge in [0.25, 0.3) is 0 Å². The Hall–Kier alpha value is -1.13. The van der Waals surface area contributed by atoms with Crippen molar-refractivity contribution in [3.63, 3.8) is 0 Å². The SMILES string of the molecule is CC1=C[C@@H](C)[C@H](O)[C@@H](CO)C=CCCCCC(=O)NC1. The van der Waals surface area contributed by atoms with E-state index in [-0.39, 0.29) is 24.3 Å². The van der Waals surface area contributed by atoms with Crippen LogP contribution in [0.1, 0.15) is 39.5 Å². The molecule has 20 heavy (non-hydrogen) atoms. The van der Waals surface area contributed by atoms with Gasteiger partial charge in [0.05, 0.1) is 12.7 Å². The van der Waals surface area contributed by atoms with Crippen LogP contribution in [0.4, 0.5) is 0 Å². The number of hydrogen-bond donors (Lipinski definition) is 3. The van der Waals surface area contributed by atoms with Crippen molar-refractivity contribution >= 4 is 5.91 Å². The van der Waals surface area contributed by atoms with E-state index in [1.54, 1.807) is 0 Å². The smallest absolute Gasteiger partial charge is 0.220 e. The zero-order chi connectivity index (χ0) is 15.0. The molecule has 0 spiro atoms. The minimum Gasteiger partial charge on any atom is -0.396 e. The fraction of sp³-hybridized carbons (Fsp3) is 0.688. The molecule has 1 aliphatic rings. The third kappa shape index (κ3) is 5.88. The third-order valence-corrected chi connectivity index (χ3v) is 3.71. The second-order valence-corrected chi connectivity index (χ2v) is 5.66. The van der Waals surface area contributed by atoms with Crippen molar-refractivity contribution in [1.29, 1.82) is 0 Å². The van der Waals surface area contributed by atoms with Gasteiger partial charge in [-0.1, -0.05) is 30.7 Å². The molecule has 4 heteroatoms. The van der Waals surface area contributed by atoms with Crippen LogP contribution in [0.15, 0.2) is 23.8 Å². The minimum atomic E-state index is -0.607. The predicted molar refractivity (Wildman–Crippen MR) is 80.1 cm³/mol. The molecule has 3 atom stereocenters. The van der Waals surface area contributed by atoms with Crippen LogP contribution < -0.4 is 5.32 Å². The van der Waals surface area contributed by atoms with Crippen molar-refractivity contribution in [3.05, 3.63) is 23.8 Å². The molecule has 1 heterocycles. The highest BCUT2D eigenvalue weighted by atomic mass is 16.3. The fourth-order valence-electron chi connectivity index (χ4n) is 2.42. The highest BCUT2D eigenvalue weighted by Crippen LogP contribution is 2.18. The van der Waals surface area contributed by atoms with E-state index in [1.165, 1.54) is 0 Å². The number of rotatable bonds is 1. The summed E-state index contributed by atoms with van der Waals surface area (Å²) in [6.45, 7) is 4.35. The molecule has 0 aromatic rings. The van der Waals surface area contributed by atoms with E-state index in [0.717, 1.165) is 24.8 Å². The van der Waals surface area contributed by atoms with Crippen molar-refractivity contribution in [2.24, 2.45) is 11.8 Å². The Bertz CT molecular complexity index is 363. The molecule has 0 unspecified atom stereocenters. The average Bonchev–Trinajstić information content (AvgIpc) is 2.43. The van der Waals surface area contributed by atoms with Gasteiger partial charge in [-0.2, -0.15) is 0 Å². The molecule has 0 fully saturated rings. The highest BCUT2D eigenvalue weighted by Gasteiger charge is 2.21. The Morgan fingerprint density at radius 2 is 2.15 bits per heavy atom. The Labute approximate surface area is 121 Å². The van der Waals surface area contributed by atoms with Gasteiger partial charge in [0.1, 0.15) is 0 Å². The second-order valence-electron chi connectivity index (χ2n) is 5.66. The van der Waals surface area contributed by atoms with Crippen LogP contribution in [-0.2, 0) is 4.79 Å². The Morgan fingerprint density at radius 1 is 1.40 bits per heavy atom. The number of allylic oxidation sites excluding steroid dienone is 1. The second kappa shape index (κ2) is 8.93. The van der Waals surface area contributed by atoms with Gasteiger partial charge in [0.2, 0.25) is 5.91 Å². The summed E-state index contributed by atoms with van der Waals surface area (Å²) >= 11 is 0. The Balaban J connectivity index is 2.78. The molecule has 1 rings (SSSR count). The molecule has 3 N–H and O–H groups in total. The molecule has 0 bridgehead atoms. The number of aliphatic hydroxyl groups is 2. The van der Waals surface area contributed by atoms with E-state index in [1.807, 2.05) is 32.1 Å².